The van der Waals surface area contributed by atoms with E-state index in [1.807, 2.05) is 6.92 Å². The van der Waals surface area contributed by atoms with Gasteiger partial charge in [0.2, 0.25) is 0 Å². The van der Waals surface area contributed by atoms with Crippen LogP contribution in [0, 0.1) is 13.8 Å². The minimum atomic E-state index is -0.641. The number of nitrogens with one attached hydrogen (secondary N) is 2. The molecule has 2 rings (SSSR count). The van der Waals surface area contributed by atoms with Crippen molar-refractivity contribution in [2.75, 3.05) is 25.6 Å². The molecule has 0 aliphatic heterocycles. The molecule has 0 radical (unpaired) electrons. The Labute approximate surface area is 176 Å². The Balaban J connectivity index is 2.18. The molecule has 0 fully saturated rings. The lowest BCUT2D eigenvalue weighted by molar-refractivity contribution is 0.0936. The number of hydrogen-bond donors (Lipinski definition) is 2. The van der Waals surface area contributed by atoms with Crippen molar-refractivity contribution in [1.29, 1.82) is 0 Å². The number of carbonyl (C=O) groups excluding carboxylic acids is 2. The summed E-state index contributed by atoms with van der Waals surface area (Å²) in [6.45, 7) is 8.42. The van der Waals surface area contributed by atoms with E-state index in [0.29, 0.717) is 41.3 Å². The van der Waals surface area contributed by atoms with Crippen LogP contribution in [0.1, 0.15) is 70.2 Å². The van der Waals surface area contributed by atoms with Crippen molar-refractivity contribution >= 4 is 17.5 Å². The van der Waals surface area contributed by atoms with Gasteiger partial charge in [-0.25, -0.2) is 4.79 Å². The molecule has 2 amide bonds. The second kappa shape index (κ2) is 10.7. The summed E-state index contributed by atoms with van der Waals surface area (Å²) in [6, 6.07) is 6.71. The monoisotopic (exact) mass is 414 g/mol. The van der Waals surface area contributed by atoms with E-state index in [4.69, 9.17) is 9.15 Å². The summed E-state index contributed by atoms with van der Waals surface area (Å²) >= 11 is 0. The number of methoxy groups -OCH3 is 1. The SMILES string of the molecule is CCCC(C)c1cc(C)c(C(=O)Nc2ccc(C(=O)NCCOC)cc2C)c(=O)o1. The van der Waals surface area contributed by atoms with E-state index in [9.17, 15) is 14.4 Å². The Bertz CT molecular complexity index is 965. The zero-order valence-corrected chi connectivity index (χ0v) is 18.3. The van der Waals surface area contributed by atoms with Crippen molar-refractivity contribution in [3.8, 4) is 0 Å². The summed E-state index contributed by atoms with van der Waals surface area (Å²) in [6.07, 6.45) is 1.88. The second-order valence-electron chi connectivity index (χ2n) is 7.42. The lowest BCUT2D eigenvalue weighted by Gasteiger charge is -2.13. The predicted molar refractivity (Wildman–Crippen MR) is 116 cm³/mol. The van der Waals surface area contributed by atoms with Crippen molar-refractivity contribution in [1.82, 2.24) is 5.32 Å². The largest absolute Gasteiger partial charge is 0.427 e. The molecule has 7 nitrogen and oxygen atoms in total. The first-order valence-corrected chi connectivity index (χ1v) is 10.1. The Morgan fingerprint density at radius 2 is 1.87 bits per heavy atom. The van der Waals surface area contributed by atoms with E-state index < -0.39 is 11.5 Å². The second-order valence-corrected chi connectivity index (χ2v) is 7.42. The van der Waals surface area contributed by atoms with Crippen LogP contribution in [0.3, 0.4) is 0 Å². The summed E-state index contributed by atoms with van der Waals surface area (Å²) in [5, 5.41) is 5.50. The molecule has 7 heteroatoms. The normalized spacial score (nSPS) is 11.8. The number of hydrogen-bond acceptors (Lipinski definition) is 5. The fourth-order valence-electron chi connectivity index (χ4n) is 3.22. The Morgan fingerprint density at radius 3 is 2.47 bits per heavy atom. The van der Waals surface area contributed by atoms with Crippen LogP contribution in [0.25, 0.3) is 0 Å². The number of benzene rings is 1. The standard InChI is InChI=1S/C23H30N2O5/c1-6-7-14(2)19-13-16(4)20(23(28)30-19)22(27)25-18-9-8-17(12-15(18)3)21(26)24-10-11-29-5/h8-9,12-14H,6-7,10-11H2,1-5H3,(H,24,26)(H,25,27). The fraction of sp³-hybridized carbons (Fsp3) is 0.435. The van der Waals surface area contributed by atoms with Gasteiger partial charge in [0.25, 0.3) is 11.8 Å². The third-order valence-electron chi connectivity index (χ3n) is 4.93. The van der Waals surface area contributed by atoms with Crippen LogP contribution in [-0.2, 0) is 4.74 Å². The van der Waals surface area contributed by atoms with Crippen LogP contribution >= 0.6 is 0 Å². The van der Waals surface area contributed by atoms with Crippen LogP contribution in [-0.4, -0.2) is 32.1 Å². The minimum absolute atomic E-state index is 0.0109. The molecule has 30 heavy (non-hydrogen) atoms. The number of carbonyl (C=O) groups is 2. The number of anilines is 1. The summed E-state index contributed by atoms with van der Waals surface area (Å²) in [5.41, 5.74) is 1.63. The van der Waals surface area contributed by atoms with Crippen LogP contribution < -0.4 is 16.3 Å². The first-order valence-electron chi connectivity index (χ1n) is 10.1. The Kier molecular flexibility index (Phi) is 8.35. The summed E-state index contributed by atoms with van der Waals surface area (Å²) in [5.74, 6) is -0.0445. The maximum Gasteiger partial charge on any atom is 0.349 e. The molecule has 1 aromatic heterocycles. The van der Waals surface area contributed by atoms with Gasteiger partial charge in [0.1, 0.15) is 11.3 Å². The van der Waals surface area contributed by atoms with Crippen molar-refractivity contribution in [3.05, 3.63) is 62.7 Å². The lowest BCUT2D eigenvalue weighted by Crippen LogP contribution is -2.27. The van der Waals surface area contributed by atoms with Gasteiger partial charge in [-0.05, 0) is 55.7 Å². The van der Waals surface area contributed by atoms with E-state index in [1.54, 1.807) is 45.2 Å². The molecular formula is C23H30N2O5. The van der Waals surface area contributed by atoms with E-state index in [1.165, 1.54) is 0 Å². The highest BCUT2D eigenvalue weighted by Crippen LogP contribution is 2.22. The highest BCUT2D eigenvalue weighted by atomic mass is 16.5. The molecule has 2 N–H and O–H groups in total. The Hall–Kier alpha value is -2.93. The van der Waals surface area contributed by atoms with Crippen LogP contribution in [0.4, 0.5) is 5.69 Å². The first-order chi connectivity index (χ1) is 14.3. The number of rotatable bonds is 9. The molecule has 2 aromatic rings. The van der Waals surface area contributed by atoms with Crippen LogP contribution in [0.2, 0.25) is 0 Å². The molecular weight excluding hydrogens is 384 g/mol. The number of ether oxygens (including phenoxy) is 1. The number of aryl methyl sites for hydroxylation is 2. The average molecular weight is 415 g/mol. The van der Waals surface area contributed by atoms with Crippen molar-refractivity contribution in [2.24, 2.45) is 0 Å². The van der Waals surface area contributed by atoms with E-state index in [2.05, 4.69) is 17.6 Å². The summed E-state index contributed by atoms with van der Waals surface area (Å²) < 4.78 is 10.3. The van der Waals surface area contributed by atoms with Gasteiger partial charge < -0.3 is 19.8 Å². The van der Waals surface area contributed by atoms with Gasteiger partial charge in [-0.2, -0.15) is 0 Å². The molecule has 0 aliphatic rings. The van der Waals surface area contributed by atoms with Crippen molar-refractivity contribution < 1.29 is 18.7 Å². The number of amides is 2. The molecule has 0 bridgehead atoms. The lowest BCUT2D eigenvalue weighted by atomic mass is 10.0. The smallest absolute Gasteiger partial charge is 0.349 e. The van der Waals surface area contributed by atoms with Gasteiger partial charge in [0, 0.05) is 30.8 Å². The molecule has 1 atom stereocenters. The molecule has 1 aromatic carbocycles. The maximum atomic E-state index is 12.7. The average Bonchev–Trinajstić information content (AvgIpc) is 2.69. The van der Waals surface area contributed by atoms with E-state index in [-0.39, 0.29) is 17.4 Å². The molecule has 1 unspecified atom stereocenters. The maximum absolute atomic E-state index is 12.7. The molecule has 0 spiro atoms. The van der Waals surface area contributed by atoms with Gasteiger partial charge >= 0.3 is 5.63 Å². The van der Waals surface area contributed by atoms with Crippen molar-refractivity contribution in [2.45, 2.75) is 46.5 Å². The van der Waals surface area contributed by atoms with E-state index >= 15 is 0 Å². The molecule has 162 valence electrons. The zero-order valence-electron chi connectivity index (χ0n) is 18.3. The van der Waals surface area contributed by atoms with Crippen LogP contribution in [0.5, 0.6) is 0 Å². The van der Waals surface area contributed by atoms with Crippen molar-refractivity contribution in [3.63, 3.8) is 0 Å². The first kappa shape index (κ1) is 23.3. The van der Waals surface area contributed by atoms with E-state index in [0.717, 1.165) is 12.8 Å². The molecule has 0 aliphatic carbocycles. The minimum Gasteiger partial charge on any atom is -0.427 e. The van der Waals surface area contributed by atoms with Gasteiger partial charge in [0.05, 0.1) is 6.61 Å². The topological polar surface area (TPSA) is 97.6 Å². The fourth-order valence-corrected chi connectivity index (χ4v) is 3.22. The summed E-state index contributed by atoms with van der Waals surface area (Å²) in [4.78, 5) is 37.3. The van der Waals surface area contributed by atoms with Gasteiger partial charge in [-0.3, -0.25) is 9.59 Å². The highest BCUT2D eigenvalue weighted by molar-refractivity contribution is 6.05. The van der Waals surface area contributed by atoms with Gasteiger partial charge in [0.15, 0.2) is 0 Å². The Morgan fingerprint density at radius 1 is 1.13 bits per heavy atom. The molecule has 0 saturated carbocycles. The van der Waals surface area contributed by atoms with Gasteiger partial charge in [-0.1, -0.05) is 20.3 Å². The highest BCUT2D eigenvalue weighted by Gasteiger charge is 2.20. The third kappa shape index (κ3) is 5.79. The van der Waals surface area contributed by atoms with Crippen LogP contribution in [0.15, 0.2) is 33.5 Å². The third-order valence-corrected chi connectivity index (χ3v) is 4.93. The molecule has 0 saturated heterocycles. The summed E-state index contributed by atoms with van der Waals surface area (Å²) in [7, 11) is 1.56. The predicted octanol–water partition coefficient (Wildman–Crippen LogP) is 3.79. The van der Waals surface area contributed by atoms with Gasteiger partial charge in [-0.15, -0.1) is 0 Å². The zero-order chi connectivity index (χ0) is 22.3. The molecule has 1 heterocycles. The quantitative estimate of drug-likeness (QED) is 0.609.